The van der Waals surface area contributed by atoms with Gasteiger partial charge in [0.25, 0.3) is 0 Å². The highest BCUT2D eigenvalue weighted by atomic mass is 31.2. The SMILES string of the molecule is CCCCC/C=C\C=C\C(=O)CCCCCCCC(=O)O[C@H](CO/C=C/CCCCCC/C=C\CCCCCCCC)COP(=O)(O)OCC[N+](C)(C)C. The van der Waals surface area contributed by atoms with Gasteiger partial charge < -0.3 is 18.9 Å². The Hall–Kier alpha value is -2.03. The largest absolute Gasteiger partial charge is 0.498 e. The van der Waals surface area contributed by atoms with E-state index in [-0.39, 0.29) is 32.0 Å². The average molecular weight is 783 g/mol. The number of phosphoric acid groups is 1. The fraction of sp³-hybridized carbons (Fsp3) is 0.773. The molecule has 0 fully saturated rings. The van der Waals surface area contributed by atoms with Crippen molar-refractivity contribution in [3.05, 3.63) is 48.8 Å². The molecule has 0 heterocycles. The lowest BCUT2D eigenvalue weighted by molar-refractivity contribution is -0.870. The molecule has 0 saturated heterocycles. The van der Waals surface area contributed by atoms with Gasteiger partial charge in [-0.1, -0.05) is 121 Å². The highest BCUT2D eigenvalue weighted by molar-refractivity contribution is 7.47. The van der Waals surface area contributed by atoms with Crippen LogP contribution in [0.25, 0.3) is 0 Å². The van der Waals surface area contributed by atoms with Gasteiger partial charge in [-0.2, -0.15) is 0 Å². The summed E-state index contributed by atoms with van der Waals surface area (Å²) in [5.41, 5.74) is 0. The Labute approximate surface area is 331 Å². The summed E-state index contributed by atoms with van der Waals surface area (Å²) in [7, 11) is 1.55. The lowest BCUT2D eigenvalue weighted by Gasteiger charge is -2.24. The number of rotatable bonds is 39. The first-order valence-corrected chi connectivity index (χ1v) is 22.9. The maximum atomic E-state index is 12.7. The highest BCUT2D eigenvalue weighted by Crippen LogP contribution is 2.43. The number of esters is 1. The molecular weight excluding hydrogens is 701 g/mol. The molecule has 1 N–H and O–H groups in total. The first-order valence-electron chi connectivity index (χ1n) is 21.4. The van der Waals surface area contributed by atoms with Crippen LogP contribution in [0.15, 0.2) is 48.8 Å². The summed E-state index contributed by atoms with van der Waals surface area (Å²) in [6, 6.07) is 0. The van der Waals surface area contributed by atoms with Crippen LogP contribution in [0.4, 0.5) is 0 Å². The van der Waals surface area contributed by atoms with Crippen LogP contribution in [0, 0.1) is 0 Å². The lowest BCUT2D eigenvalue weighted by atomic mass is 10.1. The molecule has 0 spiro atoms. The minimum absolute atomic E-state index is 0.00329. The molecule has 0 aliphatic heterocycles. The number of ether oxygens (including phenoxy) is 2. The van der Waals surface area contributed by atoms with Gasteiger partial charge in [0.15, 0.2) is 11.9 Å². The molecular formula is C44H81NO8P+. The summed E-state index contributed by atoms with van der Waals surface area (Å²) in [4.78, 5) is 34.9. The summed E-state index contributed by atoms with van der Waals surface area (Å²) in [6.45, 7) is 4.71. The van der Waals surface area contributed by atoms with E-state index in [0.717, 1.165) is 57.8 Å². The van der Waals surface area contributed by atoms with Crippen molar-refractivity contribution in [2.24, 2.45) is 0 Å². The van der Waals surface area contributed by atoms with Crippen molar-refractivity contribution in [2.45, 2.75) is 174 Å². The van der Waals surface area contributed by atoms with E-state index in [0.29, 0.717) is 23.9 Å². The lowest BCUT2D eigenvalue weighted by Crippen LogP contribution is -2.37. The summed E-state index contributed by atoms with van der Waals surface area (Å²) < 4.78 is 34.6. The molecule has 10 heteroatoms. The Balaban J connectivity index is 4.42. The van der Waals surface area contributed by atoms with E-state index in [4.69, 9.17) is 18.5 Å². The second-order valence-corrected chi connectivity index (χ2v) is 16.9. The molecule has 314 valence electrons. The van der Waals surface area contributed by atoms with Crippen LogP contribution in [0.5, 0.6) is 0 Å². The number of quaternary nitrogens is 1. The predicted octanol–water partition coefficient (Wildman–Crippen LogP) is 11.9. The maximum absolute atomic E-state index is 12.7. The van der Waals surface area contributed by atoms with Crippen molar-refractivity contribution in [2.75, 3.05) is 47.5 Å². The standard InChI is InChI=1S/C44H80NO8P/c1-6-8-10-12-14-15-16-17-18-19-20-21-22-24-29-33-38-50-40-43(41-52-54(48,49)51-39-37-45(3,4)5)53-44(47)36-32-28-25-27-31-35-42(46)34-30-26-23-13-11-9-7-2/h17-18,23,26,30,33-34,38,43H,6-16,19-22,24-25,27-29,31-32,35-37,39-41H2,1-5H3/p+1/b18-17-,26-23-,34-30+,38-33+/t43-/m1/s1. The molecule has 0 aliphatic carbocycles. The van der Waals surface area contributed by atoms with E-state index in [9.17, 15) is 19.0 Å². The fourth-order valence-corrected chi connectivity index (χ4v) is 6.23. The molecule has 0 aromatic rings. The smallest absolute Gasteiger partial charge is 0.472 e. The molecule has 0 aromatic carbocycles. The molecule has 0 radical (unpaired) electrons. The van der Waals surface area contributed by atoms with Gasteiger partial charge in [0.1, 0.15) is 19.8 Å². The molecule has 9 nitrogen and oxygen atoms in total. The van der Waals surface area contributed by atoms with Crippen molar-refractivity contribution in [1.29, 1.82) is 0 Å². The van der Waals surface area contributed by atoms with E-state index in [1.54, 1.807) is 12.3 Å². The minimum atomic E-state index is -4.32. The minimum Gasteiger partial charge on any atom is -0.498 e. The van der Waals surface area contributed by atoms with Crippen molar-refractivity contribution in [3.8, 4) is 0 Å². The van der Waals surface area contributed by atoms with E-state index in [1.165, 1.54) is 77.0 Å². The first-order chi connectivity index (χ1) is 26.0. The summed E-state index contributed by atoms with van der Waals surface area (Å²) >= 11 is 0. The van der Waals surface area contributed by atoms with E-state index in [2.05, 4.69) is 32.1 Å². The second-order valence-electron chi connectivity index (χ2n) is 15.5. The Bertz CT molecular complexity index is 1070. The molecule has 0 amide bonds. The normalized spacial score (nSPS) is 14.1. The number of ketones is 1. The number of carbonyl (C=O) groups is 2. The third-order valence-electron chi connectivity index (χ3n) is 8.90. The van der Waals surface area contributed by atoms with Gasteiger partial charge in [-0.3, -0.25) is 18.6 Å². The monoisotopic (exact) mass is 783 g/mol. The Morgan fingerprint density at radius 2 is 1.15 bits per heavy atom. The summed E-state index contributed by atoms with van der Waals surface area (Å²) in [5, 5.41) is 0. The molecule has 54 heavy (non-hydrogen) atoms. The third kappa shape index (κ3) is 39.7. The van der Waals surface area contributed by atoms with Crippen molar-refractivity contribution in [1.82, 2.24) is 0 Å². The molecule has 0 saturated carbocycles. The van der Waals surface area contributed by atoms with Crippen LogP contribution in [0.3, 0.4) is 0 Å². The number of phosphoric ester groups is 1. The first kappa shape index (κ1) is 52.0. The zero-order chi connectivity index (χ0) is 40.0. The second kappa shape index (κ2) is 36.6. The number of carbonyl (C=O) groups excluding carboxylic acids is 2. The van der Waals surface area contributed by atoms with Gasteiger partial charge in [-0.05, 0) is 76.4 Å². The van der Waals surface area contributed by atoms with Crippen LogP contribution in [0.2, 0.25) is 0 Å². The van der Waals surface area contributed by atoms with Crippen molar-refractivity contribution in [3.63, 3.8) is 0 Å². The summed E-state index contributed by atoms with van der Waals surface area (Å²) in [6.07, 6.45) is 40.5. The van der Waals surface area contributed by atoms with Crippen molar-refractivity contribution < 1.29 is 42.1 Å². The Morgan fingerprint density at radius 1 is 0.630 bits per heavy atom. The molecule has 0 aliphatic rings. The van der Waals surface area contributed by atoms with Crippen molar-refractivity contribution >= 4 is 19.6 Å². The van der Waals surface area contributed by atoms with Gasteiger partial charge in [-0.25, -0.2) is 4.57 Å². The number of hydrogen-bond donors (Lipinski definition) is 1. The molecule has 1 unspecified atom stereocenters. The van der Waals surface area contributed by atoms with Gasteiger partial charge in [-0.15, -0.1) is 0 Å². The number of hydrogen-bond acceptors (Lipinski definition) is 7. The molecule has 2 atom stereocenters. The topological polar surface area (TPSA) is 108 Å². The fourth-order valence-electron chi connectivity index (χ4n) is 5.49. The average Bonchev–Trinajstić information content (AvgIpc) is 3.11. The van der Waals surface area contributed by atoms with E-state index in [1.807, 2.05) is 39.4 Å². The number of unbranched alkanes of at least 4 members (excludes halogenated alkanes) is 18. The number of likely N-dealkylation sites (N-methyl/N-ethyl adjacent to an activating group) is 1. The zero-order valence-corrected chi connectivity index (χ0v) is 36.1. The quantitative estimate of drug-likeness (QED) is 0.00959. The van der Waals surface area contributed by atoms with E-state index >= 15 is 0 Å². The van der Waals surface area contributed by atoms with Gasteiger partial charge in [0, 0.05) is 12.8 Å². The van der Waals surface area contributed by atoms with E-state index < -0.39 is 19.9 Å². The molecule has 0 rings (SSSR count). The number of allylic oxidation sites excluding steroid dienone is 7. The highest BCUT2D eigenvalue weighted by Gasteiger charge is 2.26. The van der Waals surface area contributed by atoms with Crippen LogP contribution < -0.4 is 0 Å². The zero-order valence-electron chi connectivity index (χ0n) is 35.2. The van der Waals surface area contributed by atoms with Crippen LogP contribution in [-0.2, 0) is 32.7 Å². The molecule has 0 bridgehead atoms. The Kier molecular flexibility index (Phi) is 35.2. The predicted molar refractivity (Wildman–Crippen MR) is 224 cm³/mol. The maximum Gasteiger partial charge on any atom is 0.472 e. The third-order valence-corrected chi connectivity index (χ3v) is 9.89. The van der Waals surface area contributed by atoms with Gasteiger partial charge in [0.05, 0.1) is 34.0 Å². The summed E-state index contributed by atoms with van der Waals surface area (Å²) in [5.74, 6) is -0.267. The molecule has 0 aromatic heterocycles. The van der Waals surface area contributed by atoms with Crippen LogP contribution in [-0.4, -0.2) is 74.7 Å². The van der Waals surface area contributed by atoms with Gasteiger partial charge >= 0.3 is 13.8 Å². The van der Waals surface area contributed by atoms with Crippen LogP contribution in [0.1, 0.15) is 168 Å². The van der Waals surface area contributed by atoms with Gasteiger partial charge in [0.2, 0.25) is 0 Å². The Morgan fingerprint density at radius 3 is 1.78 bits per heavy atom. The van der Waals surface area contributed by atoms with Crippen LogP contribution >= 0.6 is 7.82 Å². The number of nitrogens with zero attached hydrogens (tertiary/aromatic N) is 1.